The van der Waals surface area contributed by atoms with E-state index >= 15 is 0 Å². The smallest absolute Gasteiger partial charge is 0.261 e. The van der Waals surface area contributed by atoms with Crippen LogP contribution in [0.4, 0.5) is 0 Å². The van der Waals surface area contributed by atoms with Gasteiger partial charge in [0.05, 0.1) is 30.4 Å². The predicted octanol–water partition coefficient (Wildman–Crippen LogP) is 1.82. The largest absolute Gasteiger partial charge is 0.348 e. The van der Waals surface area contributed by atoms with E-state index in [-0.39, 0.29) is 36.6 Å². The van der Waals surface area contributed by atoms with E-state index in [1.54, 1.807) is 24.3 Å². The average molecular weight is 372 g/mol. The molecular weight excluding hydrogens is 348 g/mol. The van der Waals surface area contributed by atoms with Crippen LogP contribution in [0.1, 0.15) is 52.8 Å². The van der Waals surface area contributed by atoms with Crippen molar-refractivity contribution in [3.63, 3.8) is 0 Å². The van der Waals surface area contributed by atoms with Crippen LogP contribution >= 0.6 is 0 Å². The molecule has 0 spiro atoms. The fourth-order valence-corrected chi connectivity index (χ4v) is 4.12. The third-order valence-electron chi connectivity index (χ3n) is 5.48. The van der Waals surface area contributed by atoms with E-state index in [1.165, 1.54) is 4.90 Å². The van der Waals surface area contributed by atoms with Crippen LogP contribution in [0.5, 0.6) is 0 Å². The molecule has 144 valence electrons. The molecular formula is C20H24N2O5. The minimum Gasteiger partial charge on any atom is -0.348 e. The zero-order valence-electron chi connectivity index (χ0n) is 15.3. The molecule has 0 saturated carbocycles. The van der Waals surface area contributed by atoms with Crippen LogP contribution in [-0.4, -0.2) is 66.2 Å². The number of nitrogens with zero attached hydrogens (tertiary/aromatic N) is 2. The lowest BCUT2D eigenvalue weighted by atomic mass is 10.0. The molecule has 0 N–H and O–H groups in total. The number of likely N-dealkylation sites (tertiary alicyclic amines) is 1. The Morgan fingerprint density at radius 1 is 1.04 bits per heavy atom. The number of rotatable bonds is 5. The fourth-order valence-electron chi connectivity index (χ4n) is 4.12. The summed E-state index contributed by atoms with van der Waals surface area (Å²) in [6.07, 6.45) is 3.36. The molecule has 3 aliphatic heterocycles. The molecule has 1 unspecified atom stereocenters. The second-order valence-corrected chi connectivity index (χ2v) is 7.17. The van der Waals surface area contributed by atoms with Gasteiger partial charge in [0, 0.05) is 19.5 Å². The summed E-state index contributed by atoms with van der Waals surface area (Å²) < 4.78 is 11.2. The number of hydrogen-bond acceptors (Lipinski definition) is 5. The van der Waals surface area contributed by atoms with Crippen molar-refractivity contribution < 1.29 is 23.9 Å². The third kappa shape index (κ3) is 3.49. The normalized spacial score (nSPS) is 23.2. The number of carbonyl (C=O) groups excluding carboxylic acids is 3. The minimum atomic E-state index is -0.328. The minimum absolute atomic E-state index is 0.0342. The van der Waals surface area contributed by atoms with Crippen LogP contribution < -0.4 is 0 Å². The molecule has 1 atom stereocenters. The van der Waals surface area contributed by atoms with E-state index in [9.17, 15) is 14.4 Å². The van der Waals surface area contributed by atoms with E-state index < -0.39 is 0 Å². The highest BCUT2D eigenvalue weighted by atomic mass is 16.7. The van der Waals surface area contributed by atoms with Crippen molar-refractivity contribution in [2.45, 2.75) is 44.4 Å². The van der Waals surface area contributed by atoms with Gasteiger partial charge in [0.2, 0.25) is 5.91 Å². The van der Waals surface area contributed by atoms with Crippen LogP contribution in [0, 0.1) is 0 Å². The van der Waals surface area contributed by atoms with Crippen LogP contribution in [-0.2, 0) is 14.3 Å². The van der Waals surface area contributed by atoms with Gasteiger partial charge in [-0.05, 0) is 37.8 Å². The summed E-state index contributed by atoms with van der Waals surface area (Å²) in [6.45, 7) is 2.11. The number of hydrogen-bond donors (Lipinski definition) is 0. The summed E-state index contributed by atoms with van der Waals surface area (Å²) in [6, 6.07) is 6.80. The van der Waals surface area contributed by atoms with Crippen molar-refractivity contribution in [1.29, 1.82) is 0 Å². The number of carbonyl (C=O) groups is 3. The standard InChI is InChI=1S/C20H24N2O5/c23-17(21-10-4-3-8-16(21)20-26-12-13-27-20)9-5-11-22-18(24)14-6-1-2-7-15(14)19(22)25/h1-2,6-7,16,20H,3-5,8-13H2. The van der Waals surface area contributed by atoms with Gasteiger partial charge in [-0.25, -0.2) is 0 Å². The van der Waals surface area contributed by atoms with Gasteiger partial charge < -0.3 is 14.4 Å². The van der Waals surface area contributed by atoms with Crippen molar-refractivity contribution >= 4 is 17.7 Å². The first-order valence-corrected chi connectivity index (χ1v) is 9.65. The predicted molar refractivity (Wildman–Crippen MR) is 96.1 cm³/mol. The van der Waals surface area contributed by atoms with Crippen molar-refractivity contribution in [2.75, 3.05) is 26.3 Å². The maximum atomic E-state index is 12.7. The molecule has 3 aliphatic rings. The summed E-state index contributed by atoms with van der Waals surface area (Å²) in [4.78, 5) is 40.6. The van der Waals surface area contributed by atoms with Crippen LogP contribution in [0.15, 0.2) is 24.3 Å². The molecule has 0 bridgehead atoms. The monoisotopic (exact) mass is 372 g/mol. The van der Waals surface area contributed by atoms with E-state index in [1.807, 2.05) is 4.90 Å². The Morgan fingerprint density at radius 3 is 2.37 bits per heavy atom. The second kappa shape index (κ2) is 7.78. The zero-order valence-corrected chi connectivity index (χ0v) is 15.3. The lowest BCUT2D eigenvalue weighted by molar-refractivity contribution is -0.150. The molecule has 2 fully saturated rings. The van der Waals surface area contributed by atoms with Gasteiger partial charge in [0.25, 0.3) is 11.8 Å². The molecule has 2 saturated heterocycles. The molecule has 27 heavy (non-hydrogen) atoms. The quantitative estimate of drug-likeness (QED) is 0.737. The Balaban J connectivity index is 1.33. The summed E-state index contributed by atoms with van der Waals surface area (Å²) in [7, 11) is 0. The number of benzene rings is 1. The summed E-state index contributed by atoms with van der Waals surface area (Å²) >= 11 is 0. The van der Waals surface area contributed by atoms with Crippen molar-refractivity contribution in [1.82, 2.24) is 9.80 Å². The van der Waals surface area contributed by atoms with Crippen molar-refractivity contribution in [2.24, 2.45) is 0 Å². The maximum Gasteiger partial charge on any atom is 0.261 e. The maximum absolute atomic E-state index is 12.7. The number of amides is 3. The highest BCUT2D eigenvalue weighted by Gasteiger charge is 2.37. The van der Waals surface area contributed by atoms with Crippen LogP contribution in [0.2, 0.25) is 0 Å². The molecule has 7 heteroatoms. The molecule has 4 rings (SSSR count). The zero-order chi connectivity index (χ0) is 18.8. The average Bonchev–Trinajstić information content (AvgIpc) is 3.32. The summed E-state index contributed by atoms with van der Waals surface area (Å²) in [5, 5.41) is 0. The third-order valence-corrected chi connectivity index (χ3v) is 5.48. The number of imide groups is 1. The van der Waals surface area contributed by atoms with Crippen molar-refractivity contribution in [3.8, 4) is 0 Å². The Labute approximate surface area is 158 Å². The molecule has 0 radical (unpaired) electrons. The number of piperidine rings is 1. The molecule has 0 aromatic heterocycles. The molecule has 1 aromatic carbocycles. The first kappa shape index (κ1) is 18.1. The molecule has 3 heterocycles. The van der Waals surface area contributed by atoms with Gasteiger partial charge in [0.1, 0.15) is 0 Å². The Hall–Kier alpha value is -2.25. The van der Waals surface area contributed by atoms with Gasteiger partial charge in [0.15, 0.2) is 6.29 Å². The van der Waals surface area contributed by atoms with Gasteiger partial charge >= 0.3 is 0 Å². The Bertz CT molecular complexity index is 709. The SMILES string of the molecule is O=C1c2ccccc2C(=O)N1CCCC(=O)N1CCCCC1C1OCCO1. The molecule has 0 aliphatic carbocycles. The highest BCUT2D eigenvalue weighted by Crippen LogP contribution is 2.26. The highest BCUT2D eigenvalue weighted by molar-refractivity contribution is 6.21. The fraction of sp³-hybridized carbons (Fsp3) is 0.550. The lowest BCUT2D eigenvalue weighted by Crippen LogP contribution is -2.50. The second-order valence-electron chi connectivity index (χ2n) is 7.17. The molecule has 3 amide bonds. The van der Waals surface area contributed by atoms with E-state index in [2.05, 4.69) is 0 Å². The van der Waals surface area contributed by atoms with Gasteiger partial charge in [-0.3, -0.25) is 19.3 Å². The summed E-state index contributed by atoms with van der Waals surface area (Å²) in [5.41, 5.74) is 0.890. The summed E-state index contributed by atoms with van der Waals surface area (Å²) in [5.74, 6) is -0.506. The molecule has 7 nitrogen and oxygen atoms in total. The van der Waals surface area contributed by atoms with Crippen LogP contribution in [0.3, 0.4) is 0 Å². The first-order valence-electron chi connectivity index (χ1n) is 9.65. The number of fused-ring (bicyclic) bond motifs is 1. The first-order chi connectivity index (χ1) is 13.2. The van der Waals surface area contributed by atoms with Gasteiger partial charge in [-0.2, -0.15) is 0 Å². The molecule has 1 aromatic rings. The van der Waals surface area contributed by atoms with Gasteiger partial charge in [-0.15, -0.1) is 0 Å². The van der Waals surface area contributed by atoms with E-state index in [4.69, 9.17) is 9.47 Å². The van der Waals surface area contributed by atoms with E-state index in [0.29, 0.717) is 43.7 Å². The lowest BCUT2D eigenvalue weighted by Gasteiger charge is -2.38. The van der Waals surface area contributed by atoms with Crippen molar-refractivity contribution in [3.05, 3.63) is 35.4 Å². The Kier molecular flexibility index (Phi) is 5.22. The topological polar surface area (TPSA) is 76.2 Å². The van der Waals surface area contributed by atoms with Crippen LogP contribution in [0.25, 0.3) is 0 Å². The van der Waals surface area contributed by atoms with E-state index in [0.717, 1.165) is 19.3 Å². The number of ether oxygens (including phenoxy) is 2. The Morgan fingerprint density at radius 2 is 1.70 bits per heavy atom. The van der Waals surface area contributed by atoms with Gasteiger partial charge in [-0.1, -0.05) is 12.1 Å².